The molecule has 0 saturated carbocycles. The number of nitrogens with zero attached hydrogens (tertiary/aromatic N) is 1. The van der Waals surface area contributed by atoms with Crippen LogP contribution in [-0.2, 0) is 6.42 Å². The lowest BCUT2D eigenvalue weighted by molar-refractivity contribution is 0.308. The Morgan fingerprint density at radius 2 is 1.88 bits per heavy atom. The summed E-state index contributed by atoms with van der Waals surface area (Å²) < 4.78 is 11.3. The zero-order valence-corrected chi connectivity index (χ0v) is 14.5. The summed E-state index contributed by atoms with van der Waals surface area (Å²) in [5, 5.41) is 0. The molecule has 24 heavy (non-hydrogen) atoms. The fraction of sp³-hybridized carbons (Fsp3) is 0.400. The van der Waals surface area contributed by atoms with Crippen LogP contribution in [0.25, 0.3) is 0 Å². The molecule has 1 heterocycles. The van der Waals surface area contributed by atoms with Gasteiger partial charge >= 0.3 is 0 Å². The van der Waals surface area contributed by atoms with Crippen molar-refractivity contribution in [2.75, 3.05) is 37.4 Å². The molecule has 0 atom stereocenters. The second-order valence-electron chi connectivity index (χ2n) is 6.14. The predicted octanol–water partition coefficient (Wildman–Crippen LogP) is 3.87. The summed E-state index contributed by atoms with van der Waals surface area (Å²) >= 11 is 0. The first-order chi connectivity index (χ1) is 11.7. The van der Waals surface area contributed by atoms with Gasteiger partial charge in [-0.1, -0.05) is 12.1 Å². The third kappa shape index (κ3) is 3.42. The number of methoxy groups -OCH3 is 1. The van der Waals surface area contributed by atoms with Crippen LogP contribution in [0.1, 0.15) is 30.9 Å². The lowest BCUT2D eigenvalue weighted by Crippen LogP contribution is -2.17. The molecule has 2 aromatic carbocycles. The SMILES string of the molecule is CCOc1c(Cc2cc(N3CCCC3)ccc2N)cccc1OC. The molecule has 0 spiro atoms. The number of benzene rings is 2. The molecule has 128 valence electrons. The minimum atomic E-state index is 0.608. The molecule has 2 N–H and O–H groups in total. The molecule has 0 radical (unpaired) electrons. The van der Waals surface area contributed by atoms with Crippen LogP contribution >= 0.6 is 0 Å². The van der Waals surface area contributed by atoms with Crippen LogP contribution in [0.4, 0.5) is 11.4 Å². The minimum absolute atomic E-state index is 0.608. The Hall–Kier alpha value is -2.36. The molecule has 1 aliphatic rings. The Morgan fingerprint density at radius 3 is 2.58 bits per heavy atom. The van der Waals surface area contributed by atoms with Crippen molar-refractivity contribution in [2.45, 2.75) is 26.2 Å². The van der Waals surface area contributed by atoms with E-state index in [1.54, 1.807) is 7.11 Å². The molecule has 3 rings (SSSR count). The van der Waals surface area contributed by atoms with Gasteiger partial charge in [0.15, 0.2) is 11.5 Å². The van der Waals surface area contributed by atoms with Gasteiger partial charge < -0.3 is 20.1 Å². The normalized spacial score (nSPS) is 14.0. The number of anilines is 2. The van der Waals surface area contributed by atoms with Crippen molar-refractivity contribution in [3.8, 4) is 11.5 Å². The van der Waals surface area contributed by atoms with E-state index in [1.807, 2.05) is 25.1 Å². The van der Waals surface area contributed by atoms with Gasteiger partial charge in [0.1, 0.15) is 0 Å². The second-order valence-corrected chi connectivity index (χ2v) is 6.14. The molecule has 1 aliphatic heterocycles. The molecule has 0 amide bonds. The Balaban J connectivity index is 1.91. The fourth-order valence-electron chi connectivity index (χ4n) is 3.29. The zero-order valence-electron chi connectivity index (χ0n) is 14.5. The number of hydrogen-bond donors (Lipinski definition) is 1. The van der Waals surface area contributed by atoms with Crippen molar-refractivity contribution >= 4 is 11.4 Å². The summed E-state index contributed by atoms with van der Waals surface area (Å²) in [5.74, 6) is 1.58. The van der Waals surface area contributed by atoms with Gasteiger partial charge in [-0.15, -0.1) is 0 Å². The average Bonchev–Trinajstić information content (AvgIpc) is 3.13. The molecular formula is C20H26N2O2. The summed E-state index contributed by atoms with van der Waals surface area (Å²) in [6.45, 7) is 4.86. The molecule has 0 aromatic heterocycles. The summed E-state index contributed by atoms with van der Waals surface area (Å²) in [4.78, 5) is 2.43. The number of hydrogen-bond acceptors (Lipinski definition) is 4. The van der Waals surface area contributed by atoms with Crippen molar-refractivity contribution < 1.29 is 9.47 Å². The zero-order chi connectivity index (χ0) is 16.9. The lowest BCUT2D eigenvalue weighted by Gasteiger charge is -2.20. The number of nitrogens with two attached hydrogens (primary N) is 1. The Bertz CT molecular complexity index is 694. The van der Waals surface area contributed by atoms with Gasteiger partial charge in [0.2, 0.25) is 0 Å². The van der Waals surface area contributed by atoms with Crippen LogP contribution in [0, 0.1) is 0 Å². The number of nitrogen functional groups attached to an aromatic ring is 1. The molecule has 1 saturated heterocycles. The standard InChI is InChI=1S/C20H26N2O2/c1-3-24-20-15(7-6-8-19(20)23-2)13-16-14-17(9-10-18(16)21)22-11-4-5-12-22/h6-10,14H,3-5,11-13,21H2,1-2H3. The minimum Gasteiger partial charge on any atom is -0.493 e. The van der Waals surface area contributed by atoms with Crippen molar-refractivity contribution in [3.05, 3.63) is 47.5 Å². The Kier molecular flexibility index (Phi) is 5.14. The largest absolute Gasteiger partial charge is 0.493 e. The van der Waals surface area contributed by atoms with E-state index >= 15 is 0 Å². The van der Waals surface area contributed by atoms with Crippen molar-refractivity contribution in [2.24, 2.45) is 0 Å². The van der Waals surface area contributed by atoms with E-state index < -0.39 is 0 Å². The van der Waals surface area contributed by atoms with E-state index in [-0.39, 0.29) is 0 Å². The number of ether oxygens (including phenoxy) is 2. The van der Waals surface area contributed by atoms with Crippen LogP contribution in [0.15, 0.2) is 36.4 Å². The predicted molar refractivity (Wildman–Crippen MR) is 99.3 cm³/mol. The summed E-state index contributed by atoms with van der Waals surface area (Å²) in [5.41, 5.74) is 10.6. The van der Waals surface area contributed by atoms with E-state index in [9.17, 15) is 0 Å². The molecule has 0 aliphatic carbocycles. The van der Waals surface area contributed by atoms with E-state index in [4.69, 9.17) is 15.2 Å². The summed E-state index contributed by atoms with van der Waals surface area (Å²) in [6, 6.07) is 12.4. The maximum Gasteiger partial charge on any atom is 0.164 e. The summed E-state index contributed by atoms with van der Waals surface area (Å²) in [6.07, 6.45) is 3.27. The van der Waals surface area contributed by atoms with Crippen LogP contribution < -0.4 is 20.1 Å². The molecular weight excluding hydrogens is 300 g/mol. The van der Waals surface area contributed by atoms with Gasteiger partial charge in [0, 0.05) is 36.4 Å². The first kappa shape index (κ1) is 16.5. The van der Waals surface area contributed by atoms with E-state index in [1.165, 1.54) is 18.5 Å². The smallest absolute Gasteiger partial charge is 0.164 e. The Labute approximate surface area is 144 Å². The van der Waals surface area contributed by atoms with Gasteiger partial charge in [0.25, 0.3) is 0 Å². The maximum absolute atomic E-state index is 6.24. The highest BCUT2D eigenvalue weighted by Gasteiger charge is 2.16. The molecule has 0 bridgehead atoms. The van der Waals surface area contributed by atoms with Gasteiger partial charge in [-0.2, -0.15) is 0 Å². The number of rotatable bonds is 6. The third-order valence-corrected chi connectivity index (χ3v) is 4.55. The molecule has 2 aromatic rings. The van der Waals surface area contributed by atoms with Crippen molar-refractivity contribution in [1.82, 2.24) is 0 Å². The maximum atomic E-state index is 6.24. The van der Waals surface area contributed by atoms with Gasteiger partial charge in [-0.05, 0) is 49.6 Å². The molecule has 1 fully saturated rings. The van der Waals surface area contributed by atoms with Crippen molar-refractivity contribution in [1.29, 1.82) is 0 Å². The highest BCUT2D eigenvalue weighted by atomic mass is 16.5. The Morgan fingerprint density at radius 1 is 1.08 bits per heavy atom. The fourth-order valence-corrected chi connectivity index (χ4v) is 3.29. The third-order valence-electron chi connectivity index (χ3n) is 4.55. The second kappa shape index (κ2) is 7.47. The van der Waals surface area contributed by atoms with Crippen LogP contribution in [0.5, 0.6) is 11.5 Å². The lowest BCUT2D eigenvalue weighted by atomic mass is 10.0. The highest BCUT2D eigenvalue weighted by Crippen LogP contribution is 2.34. The first-order valence-corrected chi connectivity index (χ1v) is 8.65. The topological polar surface area (TPSA) is 47.7 Å². The van der Waals surface area contributed by atoms with Gasteiger partial charge in [-0.25, -0.2) is 0 Å². The summed E-state index contributed by atoms with van der Waals surface area (Å²) in [7, 11) is 1.67. The van der Waals surface area contributed by atoms with Crippen LogP contribution in [-0.4, -0.2) is 26.8 Å². The molecule has 4 nitrogen and oxygen atoms in total. The van der Waals surface area contributed by atoms with Crippen LogP contribution in [0.2, 0.25) is 0 Å². The van der Waals surface area contributed by atoms with E-state index in [2.05, 4.69) is 23.1 Å². The van der Waals surface area contributed by atoms with Gasteiger partial charge in [0.05, 0.1) is 13.7 Å². The quantitative estimate of drug-likeness (QED) is 0.819. The molecule has 0 unspecified atom stereocenters. The van der Waals surface area contributed by atoms with Gasteiger partial charge in [-0.3, -0.25) is 0 Å². The number of para-hydroxylation sites is 1. The van der Waals surface area contributed by atoms with E-state index in [0.717, 1.165) is 47.8 Å². The average molecular weight is 326 g/mol. The van der Waals surface area contributed by atoms with Crippen molar-refractivity contribution in [3.63, 3.8) is 0 Å². The van der Waals surface area contributed by atoms with Crippen LogP contribution in [0.3, 0.4) is 0 Å². The first-order valence-electron chi connectivity index (χ1n) is 8.65. The van der Waals surface area contributed by atoms with E-state index in [0.29, 0.717) is 6.61 Å². The highest BCUT2D eigenvalue weighted by molar-refractivity contribution is 5.61. The molecule has 4 heteroatoms. The monoisotopic (exact) mass is 326 g/mol.